The number of thioether (sulfide) groups is 1. The summed E-state index contributed by atoms with van der Waals surface area (Å²) in [7, 11) is 0. The molecular weight excluding hydrogens is 297 g/mol. The highest BCUT2D eigenvalue weighted by Crippen LogP contribution is 2.40. The first-order valence-corrected chi connectivity index (χ1v) is 9.04. The van der Waals surface area contributed by atoms with E-state index in [4.69, 9.17) is 0 Å². The number of halogens is 3. The highest BCUT2D eigenvalue weighted by Gasteiger charge is 2.47. The first-order chi connectivity index (χ1) is 9.85. The van der Waals surface area contributed by atoms with Gasteiger partial charge in [0.2, 0.25) is 0 Å². The minimum Gasteiger partial charge on any atom is -0.308 e. The van der Waals surface area contributed by atoms with Crippen LogP contribution < -0.4 is 5.32 Å². The van der Waals surface area contributed by atoms with Crippen LogP contribution in [0.4, 0.5) is 13.2 Å². The average molecular weight is 324 g/mol. The van der Waals surface area contributed by atoms with E-state index in [0.717, 1.165) is 38.8 Å². The van der Waals surface area contributed by atoms with E-state index in [1.54, 1.807) is 0 Å². The molecule has 0 radical (unpaired) electrons. The van der Waals surface area contributed by atoms with Gasteiger partial charge in [-0.3, -0.25) is 4.90 Å². The summed E-state index contributed by atoms with van der Waals surface area (Å²) in [6.07, 6.45) is 6.72. The van der Waals surface area contributed by atoms with Gasteiger partial charge in [-0.05, 0) is 37.4 Å². The lowest BCUT2D eigenvalue weighted by Gasteiger charge is -2.53. The van der Waals surface area contributed by atoms with Crippen molar-refractivity contribution in [1.82, 2.24) is 10.2 Å². The molecule has 0 atom stereocenters. The third-order valence-corrected chi connectivity index (χ3v) is 6.19. The SMILES string of the molecule is CCC1(CC)CN(CCSC(F)(F)F)C2(CCCC2)CN1. The second-order valence-corrected chi connectivity index (χ2v) is 7.65. The fourth-order valence-electron chi connectivity index (χ4n) is 3.89. The number of hydrogen-bond donors (Lipinski definition) is 1. The summed E-state index contributed by atoms with van der Waals surface area (Å²) < 4.78 is 37.2. The van der Waals surface area contributed by atoms with Crippen molar-refractivity contribution in [2.75, 3.05) is 25.4 Å². The Morgan fingerprint density at radius 1 is 1.14 bits per heavy atom. The van der Waals surface area contributed by atoms with Gasteiger partial charge in [0.25, 0.3) is 0 Å². The summed E-state index contributed by atoms with van der Waals surface area (Å²) in [5, 5.41) is 3.73. The molecule has 1 spiro atoms. The van der Waals surface area contributed by atoms with Crippen LogP contribution in [-0.4, -0.2) is 46.9 Å². The summed E-state index contributed by atoms with van der Waals surface area (Å²) in [6, 6.07) is 0. The number of hydrogen-bond acceptors (Lipinski definition) is 3. The Hall–Kier alpha value is 0.0600. The Morgan fingerprint density at radius 2 is 1.76 bits per heavy atom. The monoisotopic (exact) mass is 324 g/mol. The number of alkyl halides is 3. The van der Waals surface area contributed by atoms with Crippen molar-refractivity contribution in [2.24, 2.45) is 0 Å². The smallest absolute Gasteiger partial charge is 0.308 e. The van der Waals surface area contributed by atoms with Gasteiger partial charge in [-0.1, -0.05) is 26.7 Å². The van der Waals surface area contributed by atoms with E-state index in [2.05, 4.69) is 24.1 Å². The maximum atomic E-state index is 12.4. The molecule has 2 aliphatic rings. The van der Waals surface area contributed by atoms with E-state index in [1.807, 2.05) is 0 Å². The van der Waals surface area contributed by atoms with Gasteiger partial charge in [0.15, 0.2) is 0 Å². The molecule has 0 bridgehead atoms. The van der Waals surface area contributed by atoms with Crippen molar-refractivity contribution in [3.05, 3.63) is 0 Å². The van der Waals surface area contributed by atoms with Gasteiger partial charge in [-0.25, -0.2) is 0 Å². The Kier molecular flexibility index (Phi) is 5.53. The zero-order valence-corrected chi connectivity index (χ0v) is 13.9. The van der Waals surface area contributed by atoms with Crippen molar-refractivity contribution < 1.29 is 13.2 Å². The lowest BCUT2D eigenvalue weighted by molar-refractivity contribution is -0.0335. The first kappa shape index (κ1) is 17.4. The van der Waals surface area contributed by atoms with Gasteiger partial charge < -0.3 is 5.32 Å². The minimum absolute atomic E-state index is 0.0801. The maximum absolute atomic E-state index is 12.4. The molecule has 0 unspecified atom stereocenters. The Morgan fingerprint density at radius 3 is 2.29 bits per heavy atom. The van der Waals surface area contributed by atoms with Crippen LogP contribution in [0.5, 0.6) is 0 Å². The Labute approximate surface area is 130 Å². The zero-order valence-electron chi connectivity index (χ0n) is 13.1. The summed E-state index contributed by atoms with van der Waals surface area (Å²) in [4.78, 5) is 2.38. The van der Waals surface area contributed by atoms with E-state index in [1.165, 1.54) is 12.8 Å². The van der Waals surface area contributed by atoms with Crippen molar-refractivity contribution in [1.29, 1.82) is 0 Å². The zero-order chi connectivity index (χ0) is 15.6. The molecule has 124 valence electrons. The van der Waals surface area contributed by atoms with Crippen molar-refractivity contribution in [2.45, 2.75) is 69.0 Å². The molecule has 2 rings (SSSR count). The second kappa shape index (κ2) is 6.67. The number of nitrogens with one attached hydrogen (secondary N) is 1. The Bertz CT molecular complexity index is 336. The summed E-state index contributed by atoms with van der Waals surface area (Å²) in [5.74, 6) is 0.148. The molecule has 0 aromatic carbocycles. The molecule has 0 aromatic rings. The van der Waals surface area contributed by atoms with Crippen LogP contribution in [0.2, 0.25) is 0 Å². The number of piperazine rings is 1. The van der Waals surface area contributed by atoms with Crippen molar-refractivity contribution in [3.8, 4) is 0 Å². The molecule has 0 aromatic heterocycles. The highest BCUT2D eigenvalue weighted by atomic mass is 32.2. The number of rotatable bonds is 5. The fourth-order valence-corrected chi connectivity index (χ4v) is 4.43. The average Bonchev–Trinajstić information content (AvgIpc) is 2.90. The van der Waals surface area contributed by atoms with Crippen molar-refractivity contribution >= 4 is 11.8 Å². The molecule has 2 fully saturated rings. The predicted molar refractivity (Wildman–Crippen MR) is 82.6 cm³/mol. The topological polar surface area (TPSA) is 15.3 Å². The lowest BCUT2D eigenvalue weighted by Crippen LogP contribution is -2.69. The summed E-state index contributed by atoms with van der Waals surface area (Å²) in [6.45, 7) is 6.72. The van der Waals surface area contributed by atoms with Crippen LogP contribution in [0.15, 0.2) is 0 Å². The minimum atomic E-state index is -4.11. The lowest BCUT2D eigenvalue weighted by atomic mass is 9.82. The third-order valence-electron chi connectivity index (χ3n) is 5.47. The van der Waals surface area contributed by atoms with Gasteiger partial charge >= 0.3 is 5.51 Å². The van der Waals surface area contributed by atoms with E-state index in [0.29, 0.717) is 6.54 Å². The van der Waals surface area contributed by atoms with Gasteiger partial charge in [-0.2, -0.15) is 13.2 Å². The van der Waals surface area contributed by atoms with E-state index in [9.17, 15) is 13.2 Å². The van der Waals surface area contributed by atoms with E-state index < -0.39 is 5.51 Å². The van der Waals surface area contributed by atoms with Crippen LogP contribution >= 0.6 is 11.8 Å². The maximum Gasteiger partial charge on any atom is 0.441 e. The molecule has 21 heavy (non-hydrogen) atoms. The van der Waals surface area contributed by atoms with Gasteiger partial charge in [0.05, 0.1) is 0 Å². The van der Waals surface area contributed by atoms with Crippen LogP contribution in [0, 0.1) is 0 Å². The van der Waals surface area contributed by atoms with Crippen LogP contribution in [0.25, 0.3) is 0 Å². The molecule has 1 N–H and O–H groups in total. The standard InChI is InChI=1S/C15H27F3N2S/c1-3-13(4-2)12-20(9-10-21-15(16,17)18)14(11-19-13)7-5-6-8-14/h19H,3-12H2,1-2H3. The molecule has 1 saturated carbocycles. The fraction of sp³-hybridized carbons (Fsp3) is 1.00. The molecule has 0 amide bonds. The van der Waals surface area contributed by atoms with E-state index >= 15 is 0 Å². The van der Waals surface area contributed by atoms with Crippen LogP contribution in [0.3, 0.4) is 0 Å². The first-order valence-electron chi connectivity index (χ1n) is 8.05. The van der Waals surface area contributed by atoms with Crippen LogP contribution in [-0.2, 0) is 0 Å². The summed E-state index contributed by atoms with van der Waals surface area (Å²) >= 11 is 0.123. The van der Waals surface area contributed by atoms with Gasteiger partial charge in [0.1, 0.15) is 0 Å². The molecule has 1 saturated heterocycles. The molecule has 2 nitrogen and oxygen atoms in total. The van der Waals surface area contributed by atoms with Gasteiger partial charge in [-0.15, -0.1) is 0 Å². The molecule has 6 heteroatoms. The predicted octanol–water partition coefficient (Wildman–Crippen LogP) is 4.02. The van der Waals surface area contributed by atoms with Crippen molar-refractivity contribution in [3.63, 3.8) is 0 Å². The second-order valence-electron chi connectivity index (χ2n) is 6.49. The van der Waals surface area contributed by atoms with Gasteiger partial charge in [0, 0.05) is 36.5 Å². The van der Waals surface area contributed by atoms with E-state index in [-0.39, 0.29) is 28.6 Å². The molecule has 1 aliphatic carbocycles. The largest absolute Gasteiger partial charge is 0.441 e. The molecular formula is C15H27F3N2S. The Balaban J connectivity index is 2.03. The highest BCUT2D eigenvalue weighted by molar-refractivity contribution is 8.00. The molecule has 1 aliphatic heterocycles. The van der Waals surface area contributed by atoms with Crippen LogP contribution in [0.1, 0.15) is 52.4 Å². The third kappa shape index (κ3) is 4.08. The normalized spacial score (nSPS) is 25.6. The quantitative estimate of drug-likeness (QED) is 0.822. The number of nitrogens with zero attached hydrogens (tertiary/aromatic N) is 1. The summed E-state index contributed by atoms with van der Waals surface area (Å²) in [5.41, 5.74) is -3.92. The molecule has 1 heterocycles.